The van der Waals surface area contributed by atoms with Gasteiger partial charge in [0.1, 0.15) is 18.2 Å². The van der Waals surface area contributed by atoms with Gasteiger partial charge in [-0.1, -0.05) is 6.92 Å². The predicted molar refractivity (Wildman–Crippen MR) is 133 cm³/mol. The Morgan fingerprint density at radius 2 is 1.89 bits per heavy atom. The lowest BCUT2D eigenvalue weighted by molar-refractivity contribution is -0.160. The van der Waals surface area contributed by atoms with E-state index in [1.165, 1.54) is 6.33 Å². The van der Waals surface area contributed by atoms with E-state index in [0.29, 0.717) is 24.1 Å². The molecule has 14 heteroatoms. The molecule has 0 radical (unpaired) electrons. The number of carboxylic acids is 1. The Labute approximate surface area is 215 Å². The lowest BCUT2D eigenvalue weighted by Crippen LogP contribution is -2.27. The Bertz CT molecular complexity index is 1190. The number of aliphatic carboxylic acids is 1. The standard InChI is InChI=1S/C23H36N5O8P/c1-15-9-23(15,10-28-12-27-16-17(24)25-11-26-18(16)28)34-14-37(32,35-8-7-22(5,6)19(29)30)36-13-33-20(31)21(2,3)4/h11-12,15H,7-10,13-14H2,1-6H3,(H,29,30)(H2,24,25,26). The summed E-state index contributed by atoms with van der Waals surface area (Å²) in [6.45, 7) is 9.73. The molecule has 0 bridgehead atoms. The first-order valence-electron chi connectivity index (χ1n) is 11.9. The van der Waals surface area contributed by atoms with Crippen molar-refractivity contribution in [2.45, 2.75) is 66.5 Å². The van der Waals surface area contributed by atoms with E-state index in [2.05, 4.69) is 15.0 Å². The normalized spacial score (nSPS) is 21.5. The maximum Gasteiger partial charge on any atom is 0.359 e. The molecule has 1 saturated carbocycles. The number of fused-ring (bicyclic) bond motifs is 1. The topological polar surface area (TPSA) is 178 Å². The summed E-state index contributed by atoms with van der Waals surface area (Å²) in [5.74, 6) is -1.15. The fraction of sp³-hybridized carbons (Fsp3) is 0.696. The first-order valence-corrected chi connectivity index (χ1v) is 13.7. The van der Waals surface area contributed by atoms with Gasteiger partial charge in [-0.05, 0) is 53.4 Å². The van der Waals surface area contributed by atoms with Crippen molar-refractivity contribution in [3.05, 3.63) is 12.7 Å². The number of hydrogen-bond acceptors (Lipinski definition) is 11. The molecule has 3 atom stereocenters. The van der Waals surface area contributed by atoms with Crippen molar-refractivity contribution in [1.82, 2.24) is 19.5 Å². The second kappa shape index (κ2) is 10.6. The number of hydrogen-bond donors (Lipinski definition) is 2. The summed E-state index contributed by atoms with van der Waals surface area (Å²) >= 11 is 0. The van der Waals surface area contributed by atoms with Gasteiger partial charge in [0.05, 0.1) is 35.9 Å². The van der Waals surface area contributed by atoms with Crippen LogP contribution in [0.15, 0.2) is 12.7 Å². The molecule has 37 heavy (non-hydrogen) atoms. The summed E-state index contributed by atoms with van der Waals surface area (Å²) in [4.78, 5) is 36.0. The molecule has 1 fully saturated rings. The molecule has 1 aliphatic carbocycles. The molecular formula is C23H36N5O8P. The highest BCUT2D eigenvalue weighted by Crippen LogP contribution is 2.55. The summed E-state index contributed by atoms with van der Waals surface area (Å²) in [6.07, 6.45) is 3.30. The number of carbonyl (C=O) groups excluding carboxylic acids is 1. The highest BCUT2D eigenvalue weighted by molar-refractivity contribution is 7.53. The zero-order valence-corrected chi connectivity index (χ0v) is 23.0. The first kappa shape index (κ1) is 29.0. The Hall–Kier alpha value is -2.60. The second-order valence-corrected chi connectivity index (χ2v) is 13.1. The van der Waals surface area contributed by atoms with E-state index in [0.717, 1.165) is 0 Å². The van der Waals surface area contributed by atoms with Crippen LogP contribution in [0.1, 0.15) is 54.4 Å². The molecule has 0 aromatic carbocycles. The highest BCUT2D eigenvalue weighted by atomic mass is 31.2. The average Bonchev–Trinajstić information content (AvgIpc) is 3.23. The van der Waals surface area contributed by atoms with Gasteiger partial charge in [0.25, 0.3) is 0 Å². The molecule has 2 aromatic heterocycles. The van der Waals surface area contributed by atoms with Crippen LogP contribution in [0.25, 0.3) is 11.2 Å². The van der Waals surface area contributed by atoms with Gasteiger partial charge < -0.3 is 29.4 Å². The number of aromatic nitrogens is 4. The van der Waals surface area contributed by atoms with Gasteiger partial charge in [0, 0.05) is 0 Å². The number of nitrogens with zero attached hydrogens (tertiary/aromatic N) is 4. The number of esters is 1. The van der Waals surface area contributed by atoms with Crippen LogP contribution in [-0.2, 0) is 39.2 Å². The van der Waals surface area contributed by atoms with Gasteiger partial charge in [0.2, 0.25) is 6.79 Å². The smallest absolute Gasteiger partial charge is 0.359 e. The largest absolute Gasteiger partial charge is 0.481 e. The summed E-state index contributed by atoms with van der Waals surface area (Å²) in [7, 11) is -3.94. The van der Waals surface area contributed by atoms with Crippen molar-refractivity contribution in [1.29, 1.82) is 0 Å². The second-order valence-electron chi connectivity index (χ2n) is 11.1. The maximum absolute atomic E-state index is 13.6. The van der Waals surface area contributed by atoms with Crippen LogP contribution >= 0.6 is 7.60 Å². The third-order valence-corrected chi connectivity index (χ3v) is 7.93. The van der Waals surface area contributed by atoms with E-state index in [1.54, 1.807) is 45.5 Å². The third kappa shape index (κ3) is 7.04. The number of rotatable bonds is 13. The van der Waals surface area contributed by atoms with Crippen molar-refractivity contribution in [3.63, 3.8) is 0 Å². The Morgan fingerprint density at radius 3 is 2.49 bits per heavy atom. The molecular weight excluding hydrogens is 505 g/mol. The molecule has 3 unspecified atom stereocenters. The molecule has 0 saturated heterocycles. The molecule has 0 aliphatic heterocycles. The number of carbonyl (C=O) groups is 2. The number of nitrogens with two attached hydrogens (primary N) is 1. The van der Waals surface area contributed by atoms with Crippen molar-refractivity contribution < 1.29 is 37.8 Å². The lowest BCUT2D eigenvalue weighted by atomic mass is 9.90. The molecule has 0 spiro atoms. The van der Waals surface area contributed by atoms with E-state index >= 15 is 0 Å². The van der Waals surface area contributed by atoms with Crippen LogP contribution < -0.4 is 5.73 Å². The Morgan fingerprint density at radius 1 is 1.22 bits per heavy atom. The number of ether oxygens (including phenoxy) is 2. The van der Waals surface area contributed by atoms with Crippen LogP contribution in [-0.4, -0.2) is 61.9 Å². The van der Waals surface area contributed by atoms with Gasteiger partial charge in [-0.2, -0.15) is 0 Å². The van der Waals surface area contributed by atoms with Crippen LogP contribution in [0.4, 0.5) is 5.82 Å². The maximum atomic E-state index is 13.6. The van der Waals surface area contributed by atoms with Crippen LogP contribution in [0.2, 0.25) is 0 Å². The van der Waals surface area contributed by atoms with E-state index in [4.69, 9.17) is 24.3 Å². The predicted octanol–water partition coefficient (Wildman–Crippen LogP) is 3.44. The molecule has 0 amide bonds. The Balaban J connectivity index is 1.70. The van der Waals surface area contributed by atoms with Crippen LogP contribution in [0, 0.1) is 16.7 Å². The highest BCUT2D eigenvalue weighted by Gasteiger charge is 2.54. The van der Waals surface area contributed by atoms with E-state index < -0.39 is 49.1 Å². The SMILES string of the molecule is CC1CC1(Cn1cnc2c(N)ncnc21)OCP(=O)(OCCC(C)(C)C(=O)O)OCOC(=O)C(C)(C)C. The summed E-state index contributed by atoms with van der Waals surface area (Å²) < 4.78 is 37.6. The minimum absolute atomic E-state index is 0.0845. The molecule has 1 aliphatic rings. The van der Waals surface area contributed by atoms with Crippen molar-refractivity contribution >= 4 is 36.5 Å². The quantitative estimate of drug-likeness (QED) is 0.215. The van der Waals surface area contributed by atoms with Gasteiger partial charge in [0.15, 0.2) is 11.5 Å². The first-order chi connectivity index (χ1) is 17.1. The van der Waals surface area contributed by atoms with Crippen molar-refractivity contribution in [2.24, 2.45) is 16.7 Å². The van der Waals surface area contributed by atoms with E-state index in [-0.39, 0.29) is 24.8 Å². The number of imidazole rings is 1. The summed E-state index contributed by atoms with van der Waals surface area (Å²) in [5, 5.41) is 9.35. The zero-order chi connectivity index (χ0) is 27.6. The number of carboxylic acid groups (broad SMARTS) is 1. The summed E-state index contributed by atoms with van der Waals surface area (Å²) in [6, 6.07) is 0. The summed E-state index contributed by atoms with van der Waals surface area (Å²) in [5.41, 5.74) is 4.36. The van der Waals surface area contributed by atoms with Gasteiger partial charge in [-0.15, -0.1) is 0 Å². The van der Waals surface area contributed by atoms with Crippen molar-refractivity contribution in [3.8, 4) is 0 Å². The molecule has 206 valence electrons. The van der Waals surface area contributed by atoms with Crippen molar-refractivity contribution in [2.75, 3.05) is 25.5 Å². The van der Waals surface area contributed by atoms with E-state index in [1.807, 2.05) is 6.92 Å². The van der Waals surface area contributed by atoms with Crippen LogP contribution in [0.5, 0.6) is 0 Å². The molecule has 3 N–H and O–H groups in total. The fourth-order valence-electron chi connectivity index (χ4n) is 3.47. The fourth-order valence-corrected chi connectivity index (χ4v) is 4.69. The zero-order valence-electron chi connectivity index (χ0n) is 22.1. The van der Waals surface area contributed by atoms with Gasteiger partial charge in [-0.25, -0.2) is 15.0 Å². The number of anilines is 1. The molecule has 13 nitrogen and oxygen atoms in total. The molecule has 3 rings (SSSR count). The monoisotopic (exact) mass is 541 g/mol. The minimum Gasteiger partial charge on any atom is -0.481 e. The van der Waals surface area contributed by atoms with Crippen LogP contribution in [0.3, 0.4) is 0 Å². The van der Waals surface area contributed by atoms with Gasteiger partial charge in [-0.3, -0.25) is 18.7 Å². The molecule has 2 aromatic rings. The third-order valence-electron chi connectivity index (χ3n) is 6.41. The minimum atomic E-state index is -3.94. The van der Waals surface area contributed by atoms with Gasteiger partial charge >= 0.3 is 19.5 Å². The molecule has 2 heterocycles. The van der Waals surface area contributed by atoms with E-state index in [9.17, 15) is 19.3 Å². The Kier molecular flexibility index (Phi) is 8.33. The lowest BCUT2D eigenvalue weighted by Gasteiger charge is -2.25. The number of nitrogen functional groups attached to an aromatic ring is 1. The average molecular weight is 542 g/mol.